The average Bonchev–Trinajstić information content (AvgIpc) is 2.39. The number of aromatic nitrogens is 1. The summed E-state index contributed by atoms with van der Waals surface area (Å²) in [5.41, 5.74) is 6.50. The Morgan fingerprint density at radius 3 is 3.05 bits per heavy atom. The molecule has 2 N–H and O–H groups in total. The SMILES string of the molecule is CN(C)C(=O)CN1CCO[C@H](c2cccc(N)n2)C1. The summed E-state index contributed by atoms with van der Waals surface area (Å²) in [4.78, 5) is 19.7. The molecule has 1 atom stereocenters. The predicted octanol–water partition coefficient (Wildman–Crippen LogP) is 0.125. The third-order valence-electron chi connectivity index (χ3n) is 3.13. The molecule has 0 radical (unpaired) electrons. The molecule has 0 spiro atoms. The van der Waals surface area contributed by atoms with E-state index in [0.717, 1.165) is 12.2 Å². The number of pyridine rings is 1. The van der Waals surface area contributed by atoms with Crippen LogP contribution in [-0.2, 0) is 9.53 Å². The van der Waals surface area contributed by atoms with Gasteiger partial charge in [-0.2, -0.15) is 0 Å². The lowest BCUT2D eigenvalue weighted by atomic mass is 10.2. The highest BCUT2D eigenvalue weighted by molar-refractivity contribution is 5.77. The molecule has 0 unspecified atom stereocenters. The van der Waals surface area contributed by atoms with Crippen LogP contribution in [0.25, 0.3) is 0 Å². The Hall–Kier alpha value is -1.66. The summed E-state index contributed by atoms with van der Waals surface area (Å²) >= 11 is 0. The zero-order valence-electron chi connectivity index (χ0n) is 11.4. The van der Waals surface area contributed by atoms with Gasteiger partial charge in [0.1, 0.15) is 11.9 Å². The number of nitrogens with zero attached hydrogens (tertiary/aromatic N) is 3. The third-order valence-corrected chi connectivity index (χ3v) is 3.13. The van der Waals surface area contributed by atoms with Gasteiger partial charge in [-0.3, -0.25) is 9.69 Å². The van der Waals surface area contributed by atoms with Crippen LogP contribution in [-0.4, -0.2) is 61.0 Å². The molecule has 1 aromatic rings. The van der Waals surface area contributed by atoms with Crippen molar-refractivity contribution in [3.63, 3.8) is 0 Å². The van der Waals surface area contributed by atoms with E-state index in [-0.39, 0.29) is 12.0 Å². The molecule has 1 fully saturated rings. The van der Waals surface area contributed by atoms with E-state index in [0.29, 0.717) is 25.5 Å². The van der Waals surface area contributed by atoms with E-state index in [1.54, 1.807) is 25.1 Å². The van der Waals surface area contributed by atoms with Gasteiger partial charge in [0.05, 0.1) is 18.8 Å². The number of amides is 1. The van der Waals surface area contributed by atoms with E-state index >= 15 is 0 Å². The molecule has 0 aliphatic carbocycles. The fraction of sp³-hybridized carbons (Fsp3) is 0.538. The standard InChI is InChI=1S/C13H20N4O2/c1-16(2)13(18)9-17-6-7-19-11(8-17)10-4-3-5-12(14)15-10/h3-5,11H,6-9H2,1-2H3,(H2,14,15)/t11-/m0/s1. The van der Waals surface area contributed by atoms with Gasteiger partial charge in [0.25, 0.3) is 0 Å². The van der Waals surface area contributed by atoms with Gasteiger partial charge in [0.2, 0.25) is 5.91 Å². The van der Waals surface area contributed by atoms with Crippen molar-refractivity contribution < 1.29 is 9.53 Å². The number of ether oxygens (including phenoxy) is 1. The largest absolute Gasteiger partial charge is 0.384 e. The number of rotatable bonds is 3. The van der Waals surface area contributed by atoms with Gasteiger partial charge in [-0.1, -0.05) is 6.07 Å². The van der Waals surface area contributed by atoms with E-state index in [1.165, 1.54) is 0 Å². The van der Waals surface area contributed by atoms with Crippen LogP contribution in [0, 0.1) is 0 Å². The highest BCUT2D eigenvalue weighted by atomic mass is 16.5. The predicted molar refractivity (Wildman–Crippen MR) is 72.5 cm³/mol. The summed E-state index contributed by atoms with van der Waals surface area (Å²) in [7, 11) is 3.53. The first kappa shape index (κ1) is 13.8. The lowest BCUT2D eigenvalue weighted by Crippen LogP contribution is -2.44. The molecule has 104 valence electrons. The molecule has 1 aliphatic rings. The summed E-state index contributed by atoms with van der Waals surface area (Å²) in [5.74, 6) is 0.587. The minimum Gasteiger partial charge on any atom is -0.384 e. The van der Waals surface area contributed by atoms with Gasteiger partial charge in [0, 0.05) is 27.2 Å². The number of hydrogen-bond acceptors (Lipinski definition) is 5. The second-order valence-corrected chi connectivity index (χ2v) is 4.87. The summed E-state index contributed by atoms with van der Waals surface area (Å²) in [6.07, 6.45) is -0.118. The molecule has 19 heavy (non-hydrogen) atoms. The van der Waals surface area contributed by atoms with E-state index in [9.17, 15) is 4.79 Å². The van der Waals surface area contributed by atoms with Gasteiger partial charge in [-0.05, 0) is 12.1 Å². The summed E-state index contributed by atoms with van der Waals surface area (Å²) in [5, 5.41) is 0. The molecule has 2 rings (SSSR count). The van der Waals surface area contributed by atoms with Crippen molar-refractivity contribution in [2.24, 2.45) is 0 Å². The fourth-order valence-electron chi connectivity index (χ4n) is 2.01. The van der Waals surface area contributed by atoms with Crippen molar-refractivity contribution in [3.05, 3.63) is 23.9 Å². The first-order valence-corrected chi connectivity index (χ1v) is 6.33. The molecule has 1 amide bonds. The van der Waals surface area contributed by atoms with Crippen molar-refractivity contribution in [1.29, 1.82) is 0 Å². The quantitative estimate of drug-likeness (QED) is 0.840. The minimum absolute atomic E-state index is 0.0983. The number of likely N-dealkylation sites (N-methyl/N-ethyl adjacent to an activating group) is 1. The Balaban J connectivity index is 1.99. The van der Waals surface area contributed by atoms with Crippen molar-refractivity contribution >= 4 is 11.7 Å². The van der Waals surface area contributed by atoms with Crippen LogP contribution in [0.1, 0.15) is 11.8 Å². The van der Waals surface area contributed by atoms with Crippen LogP contribution in [0.3, 0.4) is 0 Å². The molecule has 0 saturated carbocycles. The summed E-state index contributed by atoms with van der Waals surface area (Å²) in [6.45, 7) is 2.44. The number of anilines is 1. The molecule has 0 aromatic carbocycles. The van der Waals surface area contributed by atoms with Gasteiger partial charge in [-0.25, -0.2) is 4.98 Å². The maximum atomic E-state index is 11.7. The van der Waals surface area contributed by atoms with Crippen molar-refractivity contribution in [2.45, 2.75) is 6.10 Å². The Kier molecular flexibility index (Phi) is 4.34. The maximum Gasteiger partial charge on any atom is 0.236 e. The summed E-state index contributed by atoms with van der Waals surface area (Å²) in [6, 6.07) is 5.52. The lowest BCUT2D eigenvalue weighted by molar-refractivity contribution is -0.132. The first-order chi connectivity index (χ1) is 9.06. The van der Waals surface area contributed by atoms with Crippen LogP contribution < -0.4 is 5.73 Å². The molecule has 6 heteroatoms. The van der Waals surface area contributed by atoms with E-state index in [2.05, 4.69) is 9.88 Å². The maximum absolute atomic E-state index is 11.7. The molecule has 2 heterocycles. The topological polar surface area (TPSA) is 71.7 Å². The van der Waals surface area contributed by atoms with Crippen molar-refractivity contribution in [2.75, 3.05) is 46.1 Å². The fourth-order valence-corrected chi connectivity index (χ4v) is 2.01. The van der Waals surface area contributed by atoms with E-state index in [4.69, 9.17) is 10.5 Å². The minimum atomic E-state index is -0.118. The monoisotopic (exact) mass is 264 g/mol. The Labute approximate surface area is 113 Å². The average molecular weight is 264 g/mol. The highest BCUT2D eigenvalue weighted by Gasteiger charge is 2.24. The second kappa shape index (κ2) is 5.99. The zero-order valence-corrected chi connectivity index (χ0v) is 11.4. The smallest absolute Gasteiger partial charge is 0.236 e. The normalized spacial score (nSPS) is 20.2. The Morgan fingerprint density at radius 2 is 2.37 bits per heavy atom. The Morgan fingerprint density at radius 1 is 1.58 bits per heavy atom. The number of carbonyl (C=O) groups is 1. The van der Waals surface area contributed by atoms with Crippen molar-refractivity contribution in [1.82, 2.24) is 14.8 Å². The number of carbonyl (C=O) groups excluding carboxylic acids is 1. The van der Waals surface area contributed by atoms with Gasteiger partial charge in [-0.15, -0.1) is 0 Å². The zero-order chi connectivity index (χ0) is 13.8. The first-order valence-electron chi connectivity index (χ1n) is 6.33. The number of nitrogen functional groups attached to an aromatic ring is 1. The van der Waals surface area contributed by atoms with E-state index < -0.39 is 0 Å². The van der Waals surface area contributed by atoms with Crippen molar-refractivity contribution in [3.8, 4) is 0 Å². The second-order valence-electron chi connectivity index (χ2n) is 4.87. The third kappa shape index (κ3) is 3.65. The lowest BCUT2D eigenvalue weighted by Gasteiger charge is -2.32. The molecule has 6 nitrogen and oxygen atoms in total. The van der Waals surface area contributed by atoms with Gasteiger partial charge in [0.15, 0.2) is 0 Å². The van der Waals surface area contributed by atoms with Crippen LogP contribution in [0.4, 0.5) is 5.82 Å². The molecule has 1 saturated heterocycles. The molecular weight excluding hydrogens is 244 g/mol. The highest BCUT2D eigenvalue weighted by Crippen LogP contribution is 2.21. The molecular formula is C13H20N4O2. The van der Waals surface area contributed by atoms with Crippen LogP contribution in [0.15, 0.2) is 18.2 Å². The van der Waals surface area contributed by atoms with Gasteiger partial charge >= 0.3 is 0 Å². The van der Waals surface area contributed by atoms with Crippen LogP contribution >= 0.6 is 0 Å². The molecule has 1 aliphatic heterocycles. The number of nitrogens with two attached hydrogens (primary N) is 1. The van der Waals surface area contributed by atoms with Crippen LogP contribution in [0.2, 0.25) is 0 Å². The molecule has 0 bridgehead atoms. The summed E-state index contributed by atoms with van der Waals surface area (Å²) < 4.78 is 5.71. The molecule has 1 aromatic heterocycles. The number of morpholine rings is 1. The van der Waals surface area contributed by atoms with E-state index in [1.807, 2.05) is 12.1 Å². The van der Waals surface area contributed by atoms with Gasteiger partial charge < -0.3 is 15.4 Å². The Bertz CT molecular complexity index is 450. The van der Waals surface area contributed by atoms with Crippen LogP contribution in [0.5, 0.6) is 0 Å². The number of hydrogen-bond donors (Lipinski definition) is 1.